The largest absolute Gasteiger partial charge is 0.366 e. The van der Waals surface area contributed by atoms with Crippen LogP contribution in [0.15, 0.2) is 43.6 Å². The molecule has 8 nitrogen and oxygen atoms in total. The number of hydrogen-bond donors (Lipinski definition) is 2. The highest BCUT2D eigenvalue weighted by molar-refractivity contribution is 7.19. The first-order chi connectivity index (χ1) is 13.3. The highest BCUT2D eigenvalue weighted by Gasteiger charge is 2.18. The predicted octanol–water partition coefficient (Wildman–Crippen LogP) is 2.89. The highest BCUT2D eigenvalue weighted by atomic mass is 35.5. The predicted molar refractivity (Wildman–Crippen MR) is 108 cm³/mol. The molecule has 3 heterocycles. The number of amides is 2. The van der Waals surface area contributed by atoms with E-state index >= 15 is 0 Å². The van der Waals surface area contributed by atoms with E-state index in [0.29, 0.717) is 32.0 Å². The summed E-state index contributed by atoms with van der Waals surface area (Å²) in [6.07, 6.45) is 7.61. The Bertz CT molecular complexity index is 1050. The number of aromatic nitrogens is 4. The molecule has 0 radical (unpaired) electrons. The van der Waals surface area contributed by atoms with Gasteiger partial charge in [-0.05, 0) is 18.6 Å². The molecular formula is C18H15ClN6O2S. The van der Waals surface area contributed by atoms with Crippen LogP contribution < -0.4 is 11.1 Å². The Balaban J connectivity index is 1.78. The lowest BCUT2D eigenvalue weighted by Gasteiger charge is -2.12. The molecule has 0 fully saturated rings. The van der Waals surface area contributed by atoms with Gasteiger partial charge in [-0.1, -0.05) is 29.5 Å². The quantitative estimate of drug-likeness (QED) is 0.597. The van der Waals surface area contributed by atoms with E-state index < -0.39 is 11.8 Å². The first kappa shape index (κ1) is 19.6. The lowest BCUT2D eigenvalue weighted by Crippen LogP contribution is -2.18. The van der Waals surface area contributed by atoms with Crippen LogP contribution in [0.5, 0.6) is 0 Å². The summed E-state index contributed by atoms with van der Waals surface area (Å²) in [5.74, 6) is -1.37. The van der Waals surface area contributed by atoms with Crippen molar-refractivity contribution in [3.63, 3.8) is 0 Å². The molecule has 0 aliphatic heterocycles. The van der Waals surface area contributed by atoms with E-state index in [4.69, 9.17) is 17.3 Å². The average molecular weight is 415 g/mol. The monoisotopic (exact) mass is 414 g/mol. The average Bonchev–Trinajstić information content (AvgIpc) is 3.11. The first-order valence-corrected chi connectivity index (χ1v) is 9.23. The van der Waals surface area contributed by atoms with Gasteiger partial charge in [0.25, 0.3) is 0 Å². The molecule has 3 aromatic heterocycles. The third-order valence-electron chi connectivity index (χ3n) is 3.91. The molecule has 0 aromatic carbocycles. The molecule has 0 aliphatic rings. The second-order valence-electron chi connectivity index (χ2n) is 5.82. The zero-order valence-electron chi connectivity index (χ0n) is 14.7. The van der Waals surface area contributed by atoms with Gasteiger partial charge in [-0.3, -0.25) is 24.5 Å². The van der Waals surface area contributed by atoms with E-state index in [1.54, 1.807) is 25.4 Å². The number of primary amides is 1. The summed E-state index contributed by atoms with van der Waals surface area (Å²) in [6, 6.07) is 1.80. The van der Waals surface area contributed by atoms with Gasteiger partial charge >= 0.3 is 0 Å². The van der Waals surface area contributed by atoms with Crippen LogP contribution in [0.2, 0.25) is 4.34 Å². The summed E-state index contributed by atoms with van der Waals surface area (Å²) >= 11 is 7.01. The maximum absolute atomic E-state index is 12.5. The standard InChI is InChI=1S/C18H15ClN6O2S/c1-9(17(27)25-18-24-8-15(19)28-18)11-3-12(5-21-4-11)14-7-22-13(6-23-14)10(2)16(20)26/h3-9H,2H2,1H3,(H2,20,26)(H,24,25,27). The molecule has 1 atom stereocenters. The molecule has 2 amide bonds. The van der Waals surface area contributed by atoms with Gasteiger partial charge in [-0.25, -0.2) is 4.98 Å². The van der Waals surface area contributed by atoms with E-state index in [-0.39, 0.29) is 11.5 Å². The molecule has 3 aromatic rings. The minimum absolute atomic E-state index is 0.0820. The number of nitrogens with one attached hydrogen (secondary N) is 1. The highest BCUT2D eigenvalue weighted by Crippen LogP contribution is 2.26. The van der Waals surface area contributed by atoms with Crippen molar-refractivity contribution in [2.24, 2.45) is 5.73 Å². The number of nitrogens with zero attached hydrogens (tertiary/aromatic N) is 4. The molecule has 0 bridgehead atoms. The molecule has 142 valence electrons. The van der Waals surface area contributed by atoms with E-state index in [1.165, 1.54) is 29.9 Å². The Morgan fingerprint density at radius 1 is 1.18 bits per heavy atom. The van der Waals surface area contributed by atoms with Crippen molar-refractivity contribution in [3.8, 4) is 11.3 Å². The van der Waals surface area contributed by atoms with Crippen LogP contribution in [0, 0.1) is 0 Å². The van der Waals surface area contributed by atoms with Gasteiger partial charge < -0.3 is 11.1 Å². The smallest absolute Gasteiger partial charge is 0.250 e. The Morgan fingerprint density at radius 2 is 1.96 bits per heavy atom. The molecule has 3 rings (SSSR count). The summed E-state index contributed by atoms with van der Waals surface area (Å²) in [7, 11) is 0. The Labute approximate surface area is 169 Å². The van der Waals surface area contributed by atoms with Crippen LogP contribution in [-0.2, 0) is 9.59 Å². The number of rotatable bonds is 6. The van der Waals surface area contributed by atoms with Gasteiger partial charge in [0, 0.05) is 18.0 Å². The van der Waals surface area contributed by atoms with Crippen molar-refractivity contribution in [3.05, 3.63) is 59.2 Å². The summed E-state index contributed by atoms with van der Waals surface area (Å²) < 4.78 is 0.493. The number of halogens is 1. The van der Waals surface area contributed by atoms with Gasteiger partial charge in [-0.15, -0.1) is 0 Å². The van der Waals surface area contributed by atoms with E-state index in [9.17, 15) is 9.59 Å². The third kappa shape index (κ3) is 4.38. The molecule has 0 saturated carbocycles. The van der Waals surface area contributed by atoms with Crippen LogP contribution in [0.3, 0.4) is 0 Å². The molecule has 1 unspecified atom stereocenters. The molecular weight excluding hydrogens is 400 g/mol. The Morgan fingerprint density at radius 3 is 2.57 bits per heavy atom. The van der Waals surface area contributed by atoms with Crippen LogP contribution >= 0.6 is 22.9 Å². The summed E-state index contributed by atoms with van der Waals surface area (Å²) in [6.45, 7) is 5.33. The minimum Gasteiger partial charge on any atom is -0.366 e. The number of pyridine rings is 1. The fourth-order valence-electron chi connectivity index (χ4n) is 2.27. The van der Waals surface area contributed by atoms with Crippen LogP contribution in [-0.4, -0.2) is 31.8 Å². The maximum atomic E-state index is 12.5. The summed E-state index contributed by atoms with van der Waals surface area (Å²) in [4.78, 5) is 40.3. The SMILES string of the molecule is C=C(C(N)=O)c1cnc(-c2cncc(C(C)C(=O)Nc3ncc(Cl)s3)c2)cn1. The number of carbonyl (C=O) groups is 2. The minimum atomic E-state index is -0.660. The summed E-state index contributed by atoms with van der Waals surface area (Å²) in [5.41, 5.74) is 7.49. The maximum Gasteiger partial charge on any atom is 0.250 e. The number of carbonyl (C=O) groups excluding carboxylic acids is 2. The van der Waals surface area contributed by atoms with Gasteiger partial charge in [0.15, 0.2) is 5.13 Å². The van der Waals surface area contributed by atoms with Gasteiger partial charge in [0.1, 0.15) is 4.34 Å². The normalized spacial score (nSPS) is 11.6. The van der Waals surface area contributed by atoms with Gasteiger partial charge in [-0.2, -0.15) is 0 Å². The lowest BCUT2D eigenvalue weighted by molar-refractivity contribution is -0.117. The molecule has 0 spiro atoms. The summed E-state index contributed by atoms with van der Waals surface area (Å²) in [5, 5.41) is 3.16. The van der Waals surface area contributed by atoms with Gasteiger partial charge in [0.2, 0.25) is 11.8 Å². The zero-order chi connectivity index (χ0) is 20.3. The van der Waals surface area contributed by atoms with Crippen molar-refractivity contribution in [1.82, 2.24) is 19.9 Å². The third-order valence-corrected chi connectivity index (χ3v) is 4.94. The van der Waals surface area contributed by atoms with Crippen molar-refractivity contribution < 1.29 is 9.59 Å². The second kappa shape index (κ2) is 8.24. The van der Waals surface area contributed by atoms with Crippen LogP contribution in [0.4, 0.5) is 5.13 Å². The van der Waals surface area contributed by atoms with Crippen LogP contribution in [0.25, 0.3) is 16.8 Å². The van der Waals surface area contributed by atoms with Gasteiger partial charge in [0.05, 0.1) is 41.5 Å². The fourth-order valence-corrected chi connectivity index (χ4v) is 3.09. The first-order valence-electron chi connectivity index (χ1n) is 8.03. The molecule has 3 N–H and O–H groups in total. The fraction of sp³-hybridized carbons (Fsp3) is 0.111. The molecule has 28 heavy (non-hydrogen) atoms. The number of anilines is 1. The van der Waals surface area contributed by atoms with E-state index in [0.717, 1.165) is 0 Å². The second-order valence-corrected chi connectivity index (χ2v) is 7.48. The van der Waals surface area contributed by atoms with Crippen molar-refractivity contribution >= 4 is 45.5 Å². The van der Waals surface area contributed by atoms with E-state index in [2.05, 4.69) is 31.8 Å². The Hall–Kier alpha value is -3.17. The molecule has 10 heteroatoms. The van der Waals surface area contributed by atoms with E-state index in [1.807, 2.05) is 0 Å². The molecule has 0 saturated heterocycles. The Kier molecular flexibility index (Phi) is 5.76. The van der Waals surface area contributed by atoms with Crippen LogP contribution in [0.1, 0.15) is 24.1 Å². The number of nitrogens with two attached hydrogens (primary N) is 1. The van der Waals surface area contributed by atoms with Crippen molar-refractivity contribution in [2.45, 2.75) is 12.8 Å². The lowest BCUT2D eigenvalue weighted by atomic mass is 10.00. The molecule has 0 aliphatic carbocycles. The topological polar surface area (TPSA) is 124 Å². The van der Waals surface area contributed by atoms with Crippen molar-refractivity contribution in [1.29, 1.82) is 0 Å². The zero-order valence-corrected chi connectivity index (χ0v) is 16.3. The number of hydrogen-bond acceptors (Lipinski definition) is 7. The van der Waals surface area contributed by atoms with Crippen molar-refractivity contribution in [2.75, 3.05) is 5.32 Å². The number of thiazole rings is 1.